The van der Waals surface area contributed by atoms with Crippen LogP contribution in [-0.2, 0) is 0 Å². The molecule has 3 atom stereocenters. The Morgan fingerprint density at radius 2 is 1.64 bits per heavy atom. The number of methoxy groups -OCH3 is 2. The van der Waals surface area contributed by atoms with Gasteiger partial charge in [0, 0.05) is 43.9 Å². The lowest BCUT2D eigenvalue weighted by Crippen LogP contribution is -2.53. The molecule has 3 fully saturated rings. The molecule has 0 unspecified atom stereocenters. The number of ether oxygens (including phenoxy) is 2. The van der Waals surface area contributed by atoms with Crippen LogP contribution in [0.3, 0.4) is 0 Å². The second-order valence-electron chi connectivity index (χ2n) is 7.67. The molecule has 2 saturated carbocycles. The first-order valence-corrected chi connectivity index (χ1v) is 9.44. The van der Waals surface area contributed by atoms with Crippen LogP contribution in [0, 0.1) is 11.8 Å². The molecule has 0 N–H and O–H groups in total. The molecule has 25 heavy (non-hydrogen) atoms. The molecule has 1 saturated heterocycles. The molecule has 5 heteroatoms. The van der Waals surface area contributed by atoms with Crippen molar-refractivity contribution in [2.24, 2.45) is 11.8 Å². The molecule has 1 aromatic carbocycles. The lowest BCUT2D eigenvalue weighted by molar-refractivity contribution is 0.0495. The van der Waals surface area contributed by atoms with Crippen LogP contribution in [-0.4, -0.2) is 62.1 Å². The fourth-order valence-electron chi connectivity index (χ4n) is 5.03. The van der Waals surface area contributed by atoms with Crippen LogP contribution >= 0.6 is 0 Å². The molecule has 2 bridgehead atoms. The normalized spacial score (nSPS) is 29.0. The van der Waals surface area contributed by atoms with Crippen molar-refractivity contribution < 1.29 is 14.3 Å². The predicted molar refractivity (Wildman–Crippen MR) is 96.3 cm³/mol. The van der Waals surface area contributed by atoms with E-state index in [1.807, 2.05) is 4.90 Å². The number of carbonyl (C=O) groups is 1. The largest absolute Gasteiger partial charge is 0.497 e. The van der Waals surface area contributed by atoms with Crippen molar-refractivity contribution in [3.05, 3.63) is 23.8 Å². The van der Waals surface area contributed by atoms with Gasteiger partial charge in [-0.25, -0.2) is 0 Å². The summed E-state index contributed by atoms with van der Waals surface area (Å²) in [5.41, 5.74) is 0.643. The summed E-state index contributed by atoms with van der Waals surface area (Å²) < 4.78 is 10.6. The van der Waals surface area contributed by atoms with Gasteiger partial charge >= 0.3 is 0 Å². The first-order chi connectivity index (χ1) is 12.2. The van der Waals surface area contributed by atoms with Crippen molar-refractivity contribution in [3.63, 3.8) is 0 Å². The molecular weight excluding hydrogens is 316 g/mol. The van der Waals surface area contributed by atoms with E-state index in [-0.39, 0.29) is 5.91 Å². The number of fused-ring (bicyclic) bond motifs is 2. The zero-order valence-electron chi connectivity index (χ0n) is 15.2. The van der Waals surface area contributed by atoms with Crippen molar-refractivity contribution in [3.8, 4) is 11.5 Å². The molecule has 136 valence electrons. The van der Waals surface area contributed by atoms with Crippen LogP contribution in [0.1, 0.15) is 36.0 Å². The first kappa shape index (κ1) is 16.7. The second-order valence-corrected chi connectivity index (χ2v) is 7.67. The van der Waals surface area contributed by atoms with Gasteiger partial charge in [-0.3, -0.25) is 9.69 Å². The molecule has 2 aliphatic carbocycles. The zero-order chi connectivity index (χ0) is 17.4. The number of rotatable bonds is 4. The van der Waals surface area contributed by atoms with E-state index in [2.05, 4.69) is 4.90 Å². The maximum absolute atomic E-state index is 12.9. The minimum atomic E-state index is 0.0739. The summed E-state index contributed by atoms with van der Waals surface area (Å²) in [5.74, 6) is 3.27. The standard InChI is InChI=1S/C20H28N2O3/c1-24-17-11-16(12-18(13-17)25-2)20(23)22-7-5-21(6-8-22)19-10-14-3-4-15(19)9-14/h11-15,19H,3-10H2,1-2H3/t14-,15+,19-/m0/s1. The van der Waals surface area contributed by atoms with E-state index >= 15 is 0 Å². The smallest absolute Gasteiger partial charge is 0.254 e. The molecule has 0 radical (unpaired) electrons. The third-order valence-corrected chi connectivity index (χ3v) is 6.37. The first-order valence-electron chi connectivity index (χ1n) is 9.44. The SMILES string of the molecule is COc1cc(OC)cc(C(=O)N2CCN([C@H]3C[C@H]4CC[C@@H]3C4)CC2)c1. The average Bonchev–Trinajstić information content (AvgIpc) is 3.30. The van der Waals surface area contributed by atoms with Gasteiger partial charge in [-0.15, -0.1) is 0 Å². The maximum Gasteiger partial charge on any atom is 0.254 e. The second kappa shape index (κ2) is 6.87. The van der Waals surface area contributed by atoms with E-state index in [9.17, 15) is 4.79 Å². The third kappa shape index (κ3) is 3.22. The summed E-state index contributed by atoms with van der Waals surface area (Å²) in [4.78, 5) is 17.5. The summed E-state index contributed by atoms with van der Waals surface area (Å²) in [5, 5.41) is 0. The lowest BCUT2D eigenvalue weighted by Gasteiger charge is -2.41. The number of nitrogens with zero attached hydrogens (tertiary/aromatic N) is 2. The number of hydrogen-bond acceptors (Lipinski definition) is 4. The highest BCUT2D eigenvalue weighted by Gasteiger charge is 2.42. The van der Waals surface area contributed by atoms with Crippen molar-refractivity contribution in [2.45, 2.75) is 31.7 Å². The van der Waals surface area contributed by atoms with Gasteiger partial charge in [-0.05, 0) is 43.2 Å². The Bertz CT molecular complexity index is 618. The lowest BCUT2D eigenvalue weighted by atomic mass is 9.93. The Morgan fingerprint density at radius 1 is 0.960 bits per heavy atom. The van der Waals surface area contributed by atoms with Gasteiger partial charge in [-0.1, -0.05) is 6.42 Å². The molecule has 5 nitrogen and oxygen atoms in total. The molecule has 1 heterocycles. The number of piperazine rings is 1. The van der Waals surface area contributed by atoms with E-state index < -0.39 is 0 Å². The monoisotopic (exact) mass is 344 g/mol. The van der Waals surface area contributed by atoms with Crippen LogP contribution in [0.2, 0.25) is 0 Å². The molecule has 3 aliphatic rings. The quantitative estimate of drug-likeness (QED) is 0.842. The van der Waals surface area contributed by atoms with Crippen LogP contribution in [0.15, 0.2) is 18.2 Å². The number of hydrogen-bond donors (Lipinski definition) is 0. The molecule has 1 amide bonds. The Labute approximate surface area is 149 Å². The van der Waals surface area contributed by atoms with Crippen LogP contribution in [0.5, 0.6) is 11.5 Å². The number of carbonyl (C=O) groups excluding carboxylic acids is 1. The Balaban J connectivity index is 1.39. The predicted octanol–water partition coefficient (Wildman–Crippen LogP) is 2.65. The summed E-state index contributed by atoms with van der Waals surface area (Å²) in [6, 6.07) is 6.16. The molecule has 4 rings (SSSR count). The van der Waals surface area contributed by atoms with Gasteiger partial charge in [0.25, 0.3) is 5.91 Å². The van der Waals surface area contributed by atoms with Gasteiger partial charge in [-0.2, -0.15) is 0 Å². The molecule has 0 spiro atoms. The van der Waals surface area contributed by atoms with Gasteiger partial charge in [0.2, 0.25) is 0 Å². The number of amides is 1. The van der Waals surface area contributed by atoms with Gasteiger partial charge in [0.15, 0.2) is 0 Å². The third-order valence-electron chi connectivity index (χ3n) is 6.37. The van der Waals surface area contributed by atoms with Gasteiger partial charge in [0.1, 0.15) is 11.5 Å². The van der Waals surface area contributed by atoms with E-state index in [1.54, 1.807) is 32.4 Å². The topological polar surface area (TPSA) is 42.0 Å². The fraction of sp³-hybridized carbons (Fsp3) is 0.650. The van der Waals surface area contributed by atoms with E-state index in [4.69, 9.17) is 9.47 Å². The molecule has 1 aliphatic heterocycles. The summed E-state index contributed by atoms with van der Waals surface area (Å²) in [6.07, 6.45) is 5.68. The highest BCUT2D eigenvalue weighted by Crippen LogP contribution is 2.46. The van der Waals surface area contributed by atoms with Gasteiger partial charge in [0.05, 0.1) is 14.2 Å². The van der Waals surface area contributed by atoms with Crippen molar-refractivity contribution >= 4 is 5.91 Å². The minimum absolute atomic E-state index is 0.0739. The van der Waals surface area contributed by atoms with E-state index in [0.717, 1.165) is 44.1 Å². The summed E-state index contributed by atoms with van der Waals surface area (Å²) in [6.45, 7) is 3.62. The highest BCUT2D eigenvalue weighted by atomic mass is 16.5. The summed E-state index contributed by atoms with van der Waals surface area (Å²) in [7, 11) is 3.22. The average molecular weight is 344 g/mol. The molecule has 0 aromatic heterocycles. The van der Waals surface area contributed by atoms with Crippen LogP contribution < -0.4 is 9.47 Å². The summed E-state index contributed by atoms with van der Waals surface area (Å²) >= 11 is 0. The Kier molecular flexibility index (Phi) is 4.59. The van der Waals surface area contributed by atoms with Crippen LogP contribution in [0.4, 0.5) is 0 Å². The van der Waals surface area contributed by atoms with E-state index in [0.29, 0.717) is 17.1 Å². The van der Waals surface area contributed by atoms with Crippen molar-refractivity contribution in [1.82, 2.24) is 9.80 Å². The minimum Gasteiger partial charge on any atom is -0.497 e. The zero-order valence-corrected chi connectivity index (χ0v) is 15.2. The fourth-order valence-corrected chi connectivity index (χ4v) is 5.03. The van der Waals surface area contributed by atoms with Crippen molar-refractivity contribution in [1.29, 1.82) is 0 Å². The van der Waals surface area contributed by atoms with E-state index in [1.165, 1.54) is 25.7 Å². The highest BCUT2D eigenvalue weighted by molar-refractivity contribution is 5.95. The van der Waals surface area contributed by atoms with Gasteiger partial charge < -0.3 is 14.4 Å². The molecule has 1 aromatic rings. The van der Waals surface area contributed by atoms with Crippen molar-refractivity contribution in [2.75, 3.05) is 40.4 Å². The van der Waals surface area contributed by atoms with Crippen LogP contribution in [0.25, 0.3) is 0 Å². The molecular formula is C20H28N2O3. The maximum atomic E-state index is 12.9. The number of benzene rings is 1. The Hall–Kier alpha value is -1.75. The Morgan fingerprint density at radius 3 is 2.16 bits per heavy atom.